The summed E-state index contributed by atoms with van der Waals surface area (Å²) in [7, 11) is 0. The molecule has 4 nitrogen and oxygen atoms in total. The maximum absolute atomic E-state index is 11.0. The minimum atomic E-state index is -0.508. The molecule has 1 atom stereocenters. The maximum Gasteiger partial charge on any atom is 0.239 e. The van der Waals surface area contributed by atoms with Gasteiger partial charge in [-0.25, -0.2) is 0 Å². The molecule has 0 saturated heterocycles. The predicted octanol–water partition coefficient (Wildman–Crippen LogP) is 0.317. The van der Waals surface area contributed by atoms with Gasteiger partial charge < -0.3 is 0 Å². The number of carbonyl (C=O) groups excluding carboxylic acids is 3. The highest BCUT2D eigenvalue weighted by Crippen LogP contribution is 2.10. The third-order valence-corrected chi connectivity index (χ3v) is 1.91. The fraction of sp³-hybridized carbons (Fsp3) is 0.571. The standard InChI is InChI=1S/C7H11NO3S/c1-4(12-6(3)10)7(11)8-5(2)9/h4H,1-3H3,(H,8,9,11). The van der Waals surface area contributed by atoms with Crippen LogP contribution in [0.3, 0.4) is 0 Å². The lowest BCUT2D eigenvalue weighted by Gasteiger charge is -2.06. The lowest BCUT2D eigenvalue weighted by Crippen LogP contribution is -2.34. The van der Waals surface area contributed by atoms with Crippen LogP contribution >= 0.6 is 11.8 Å². The molecular formula is C7H11NO3S. The molecule has 1 unspecified atom stereocenters. The molecule has 0 aliphatic carbocycles. The minimum Gasteiger partial charge on any atom is -0.296 e. The largest absolute Gasteiger partial charge is 0.296 e. The molecule has 0 rings (SSSR count). The average molecular weight is 189 g/mol. The fourth-order valence-corrected chi connectivity index (χ4v) is 1.24. The summed E-state index contributed by atoms with van der Waals surface area (Å²) in [4.78, 5) is 31.9. The van der Waals surface area contributed by atoms with Gasteiger partial charge in [-0.05, 0) is 6.92 Å². The number of carbonyl (C=O) groups is 3. The van der Waals surface area contributed by atoms with Gasteiger partial charge in [0.05, 0.1) is 5.25 Å². The number of hydrogen-bond acceptors (Lipinski definition) is 4. The summed E-state index contributed by atoms with van der Waals surface area (Å²) in [6.45, 7) is 4.20. The molecule has 12 heavy (non-hydrogen) atoms. The van der Waals surface area contributed by atoms with Gasteiger partial charge in [-0.15, -0.1) is 0 Å². The predicted molar refractivity (Wildman–Crippen MR) is 46.6 cm³/mol. The summed E-state index contributed by atoms with van der Waals surface area (Å²) in [5, 5.41) is 1.45. The van der Waals surface area contributed by atoms with E-state index in [1.54, 1.807) is 6.92 Å². The number of thioether (sulfide) groups is 1. The summed E-state index contributed by atoms with van der Waals surface area (Å²) in [6.07, 6.45) is 0. The van der Waals surface area contributed by atoms with E-state index in [4.69, 9.17) is 0 Å². The Labute approximate surface area is 75.1 Å². The van der Waals surface area contributed by atoms with Crippen molar-refractivity contribution in [2.24, 2.45) is 0 Å². The van der Waals surface area contributed by atoms with Gasteiger partial charge in [0.15, 0.2) is 5.12 Å². The molecule has 0 bridgehead atoms. The van der Waals surface area contributed by atoms with Gasteiger partial charge in [-0.3, -0.25) is 19.7 Å². The normalized spacial score (nSPS) is 11.9. The van der Waals surface area contributed by atoms with Crippen LogP contribution in [-0.4, -0.2) is 22.2 Å². The smallest absolute Gasteiger partial charge is 0.239 e. The van der Waals surface area contributed by atoms with Crippen LogP contribution in [0.25, 0.3) is 0 Å². The molecule has 0 heterocycles. The Morgan fingerprint density at radius 2 is 1.75 bits per heavy atom. The molecule has 0 aromatic heterocycles. The minimum absolute atomic E-state index is 0.138. The summed E-state index contributed by atoms with van der Waals surface area (Å²) in [6, 6.07) is 0. The molecular weight excluding hydrogens is 178 g/mol. The van der Waals surface area contributed by atoms with Crippen LogP contribution in [0.15, 0.2) is 0 Å². The summed E-state index contributed by atoms with van der Waals surface area (Å²) in [5.41, 5.74) is 0. The third-order valence-electron chi connectivity index (χ3n) is 1.01. The van der Waals surface area contributed by atoms with Crippen molar-refractivity contribution in [3.63, 3.8) is 0 Å². The molecule has 1 N–H and O–H groups in total. The quantitative estimate of drug-likeness (QED) is 0.679. The average Bonchev–Trinajstić information content (AvgIpc) is 1.84. The molecule has 0 radical (unpaired) electrons. The van der Waals surface area contributed by atoms with E-state index in [9.17, 15) is 14.4 Å². The van der Waals surface area contributed by atoms with Crippen molar-refractivity contribution in [1.82, 2.24) is 5.32 Å². The molecule has 0 aromatic carbocycles. The highest BCUT2D eigenvalue weighted by atomic mass is 32.2. The molecule has 2 amide bonds. The summed E-state index contributed by atoms with van der Waals surface area (Å²) < 4.78 is 0. The van der Waals surface area contributed by atoms with Gasteiger partial charge in [-0.1, -0.05) is 11.8 Å². The van der Waals surface area contributed by atoms with Crippen molar-refractivity contribution < 1.29 is 14.4 Å². The van der Waals surface area contributed by atoms with E-state index in [0.717, 1.165) is 11.8 Å². The Morgan fingerprint density at radius 1 is 1.25 bits per heavy atom. The zero-order valence-corrected chi connectivity index (χ0v) is 8.03. The number of nitrogens with one attached hydrogen (secondary N) is 1. The van der Waals surface area contributed by atoms with Crippen molar-refractivity contribution in [3.05, 3.63) is 0 Å². The van der Waals surface area contributed by atoms with E-state index >= 15 is 0 Å². The Balaban J connectivity index is 3.93. The van der Waals surface area contributed by atoms with Crippen molar-refractivity contribution in [1.29, 1.82) is 0 Å². The monoisotopic (exact) mass is 189 g/mol. The molecule has 0 aliphatic rings. The zero-order chi connectivity index (χ0) is 9.72. The first-order chi connectivity index (χ1) is 5.43. The van der Waals surface area contributed by atoms with Gasteiger partial charge in [0.2, 0.25) is 11.8 Å². The van der Waals surface area contributed by atoms with E-state index in [1.165, 1.54) is 13.8 Å². The maximum atomic E-state index is 11.0. The van der Waals surface area contributed by atoms with Crippen LogP contribution in [0.5, 0.6) is 0 Å². The van der Waals surface area contributed by atoms with Crippen molar-refractivity contribution in [2.75, 3.05) is 0 Å². The molecule has 5 heteroatoms. The lowest BCUT2D eigenvalue weighted by molar-refractivity contribution is -0.129. The number of amides is 2. The van der Waals surface area contributed by atoms with Gasteiger partial charge in [0.1, 0.15) is 0 Å². The van der Waals surface area contributed by atoms with E-state index in [2.05, 4.69) is 5.32 Å². The van der Waals surface area contributed by atoms with Crippen molar-refractivity contribution >= 4 is 28.7 Å². The first-order valence-electron chi connectivity index (χ1n) is 3.42. The number of rotatable bonds is 2. The molecule has 0 fully saturated rings. The van der Waals surface area contributed by atoms with Gasteiger partial charge in [-0.2, -0.15) is 0 Å². The van der Waals surface area contributed by atoms with Crippen LogP contribution in [0.4, 0.5) is 0 Å². The Hall–Kier alpha value is -0.840. The molecule has 0 saturated carbocycles. The first-order valence-corrected chi connectivity index (χ1v) is 4.30. The highest BCUT2D eigenvalue weighted by Gasteiger charge is 2.15. The second-order valence-corrected chi connectivity index (χ2v) is 3.81. The van der Waals surface area contributed by atoms with Crippen LogP contribution in [-0.2, 0) is 14.4 Å². The topological polar surface area (TPSA) is 63.2 Å². The molecule has 0 spiro atoms. The highest BCUT2D eigenvalue weighted by molar-refractivity contribution is 8.14. The Kier molecular flexibility index (Phi) is 4.58. The van der Waals surface area contributed by atoms with E-state index in [1.807, 2.05) is 0 Å². The second kappa shape index (κ2) is 4.92. The summed E-state index contributed by atoms with van der Waals surface area (Å²) >= 11 is 0.901. The zero-order valence-electron chi connectivity index (χ0n) is 7.21. The van der Waals surface area contributed by atoms with Crippen LogP contribution in [0.2, 0.25) is 0 Å². The van der Waals surface area contributed by atoms with Gasteiger partial charge >= 0.3 is 0 Å². The van der Waals surface area contributed by atoms with Gasteiger partial charge in [0, 0.05) is 13.8 Å². The third kappa shape index (κ3) is 4.90. The van der Waals surface area contributed by atoms with E-state index < -0.39 is 17.1 Å². The second-order valence-electron chi connectivity index (χ2n) is 2.30. The molecule has 0 aliphatic heterocycles. The van der Waals surface area contributed by atoms with Crippen LogP contribution in [0, 0.1) is 0 Å². The summed E-state index contributed by atoms with van der Waals surface area (Å²) in [5.74, 6) is -0.835. The first kappa shape index (κ1) is 11.2. The lowest BCUT2D eigenvalue weighted by atomic mass is 10.4. The Morgan fingerprint density at radius 3 is 2.08 bits per heavy atom. The Bertz CT molecular complexity index is 215. The van der Waals surface area contributed by atoms with Gasteiger partial charge in [0.25, 0.3) is 0 Å². The fourth-order valence-electron chi connectivity index (χ4n) is 0.578. The van der Waals surface area contributed by atoms with Crippen LogP contribution < -0.4 is 5.32 Å². The number of hydrogen-bond donors (Lipinski definition) is 1. The van der Waals surface area contributed by atoms with E-state index in [-0.39, 0.29) is 5.12 Å². The van der Waals surface area contributed by atoms with Crippen molar-refractivity contribution in [3.8, 4) is 0 Å². The van der Waals surface area contributed by atoms with Crippen molar-refractivity contribution in [2.45, 2.75) is 26.0 Å². The number of imide groups is 1. The molecule has 0 aromatic rings. The SMILES string of the molecule is CC(=O)NC(=O)C(C)SC(C)=O. The van der Waals surface area contributed by atoms with E-state index in [0.29, 0.717) is 0 Å². The van der Waals surface area contributed by atoms with Crippen LogP contribution in [0.1, 0.15) is 20.8 Å². The molecule has 68 valence electrons.